The zero-order chi connectivity index (χ0) is 13.8. The van der Waals surface area contributed by atoms with Crippen LogP contribution in [0.4, 0.5) is 14.6 Å². The highest BCUT2D eigenvalue weighted by Gasteiger charge is 2.55. The van der Waals surface area contributed by atoms with E-state index in [9.17, 15) is 13.6 Å². The fourth-order valence-electron chi connectivity index (χ4n) is 3.11. The van der Waals surface area contributed by atoms with Crippen molar-refractivity contribution in [2.75, 3.05) is 11.9 Å². The van der Waals surface area contributed by atoms with Gasteiger partial charge in [0.15, 0.2) is 0 Å². The van der Waals surface area contributed by atoms with Crippen molar-refractivity contribution in [1.82, 2.24) is 4.98 Å². The van der Waals surface area contributed by atoms with Crippen LogP contribution in [0.25, 0.3) is 0 Å². The Kier molecular flexibility index (Phi) is 2.61. The first-order valence-corrected chi connectivity index (χ1v) is 6.56. The molecule has 1 aromatic heterocycles. The van der Waals surface area contributed by atoms with Crippen LogP contribution in [-0.4, -0.2) is 23.9 Å². The van der Waals surface area contributed by atoms with Gasteiger partial charge in [-0.2, -0.15) is 0 Å². The largest absolute Gasteiger partial charge is 0.299 e. The summed E-state index contributed by atoms with van der Waals surface area (Å²) in [7, 11) is 1.63. The maximum atomic E-state index is 13.4. The standard InChI is InChI=1S/C13H13ClF2N2O/c1-18-10-9(6-8(14)7-17-10)12(11(18)19)2-4-13(15,16)5-3-12/h6-7H,2-5H2,1H3. The molecule has 2 heterocycles. The van der Waals surface area contributed by atoms with Crippen molar-refractivity contribution in [1.29, 1.82) is 0 Å². The highest BCUT2D eigenvalue weighted by atomic mass is 35.5. The Morgan fingerprint density at radius 2 is 1.95 bits per heavy atom. The Morgan fingerprint density at radius 1 is 1.32 bits per heavy atom. The molecule has 0 aromatic carbocycles. The molecule has 1 spiro atoms. The number of pyridine rings is 1. The lowest BCUT2D eigenvalue weighted by Gasteiger charge is -2.35. The first-order chi connectivity index (χ1) is 8.86. The average molecular weight is 287 g/mol. The van der Waals surface area contributed by atoms with Crippen LogP contribution < -0.4 is 4.90 Å². The quantitative estimate of drug-likeness (QED) is 0.734. The highest BCUT2D eigenvalue weighted by Crippen LogP contribution is 2.52. The van der Waals surface area contributed by atoms with Gasteiger partial charge < -0.3 is 0 Å². The van der Waals surface area contributed by atoms with Crippen LogP contribution in [0.1, 0.15) is 31.2 Å². The van der Waals surface area contributed by atoms with E-state index in [1.807, 2.05) is 0 Å². The number of hydrogen-bond acceptors (Lipinski definition) is 2. The molecule has 2 aliphatic rings. The molecule has 3 nitrogen and oxygen atoms in total. The molecular weight excluding hydrogens is 274 g/mol. The Morgan fingerprint density at radius 3 is 2.58 bits per heavy atom. The van der Waals surface area contributed by atoms with Gasteiger partial charge in [-0.1, -0.05) is 11.6 Å². The van der Waals surface area contributed by atoms with Crippen molar-refractivity contribution in [2.24, 2.45) is 0 Å². The number of nitrogens with zero attached hydrogens (tertiary/aromatic N) is 2. The van der Waals surface area contributed by atoms with Crippen LogP contribution in [0.3, 0.4) is 0 Å². The third-order valence-corrected chi connectivity index (χ3v) is 4.42. The van der Waals surface area contributed by atoms with E-state index in [0.717, 1.165) is 0 Å². The Balaban J connectivity index is 2.08. The number of likely N-dealkylation sites (N-methyl/N-ethyl adjacent to an activating group) is 1. The summed E-state index contributed by atoms with van der Waals surface area (Å²) in [6, 6.07) is 1.69. The number of aromatic nitrogens is 1. The van der Waals surface area contributed by atoms with Gasteiger partial charge >= 0.3 is 0 Å². The molecule has 6 heteroatoms. The first kappa shape index (κ1) is 12.8. The van der Waals surface area contributed by atoms with Gasteiger partial charge in [0.05, 0.1) is 10.4 Å². The molecule has 102 valence electrons. The molecule has 1 aromatic rings. The maximum Gasteiger partial charge on any atom is 0.248 e. The third kappa shape index (κ3) is 1.75. The number of rotatable bonds is 0. The number of hydrogen-bond donors (Lipinski definition) is 0. The minimum atomic E-state index is -2.67. The summed E-state index contributed by atoms with van der Waals surface area (Å²) in [6.07, 6.45) is 1.24. The zero-order valence-electron chi connectivity index (χ0n) is 10.4. The van der Waals surface area contributed by atoms with Gasteiger partial charge in [0.25, 0.3) is 0 Å². The van der Waals surface area contributed by atoms with Crippen molar-refractivity contribution in [3.05, 3.63) is 22.8 Å². The van der Waals surface area contributed by atoms with Crippen molar-refractivity contribution >= 4 is 23.3 Å². The van der Waals surface area contributed by atoms with E-state index in [2.05, 4.69) is 4.98 Å². The predicted molar refractivity (Wildman–Crippen MR) is 67.8 cm³/mol. The van der Waals surface area contributed by atoms with Crippen LogP contribution in [0.15, 0.2) is 12.3 Å². The van der Waals surface area contributed by atoms with Crippen LogP contribution in [-0.2, 0) is 10.2 Å². The topological polar surface area (TPSA) is 33.2 Å². The van der Waals surface area contributed by atoms with Crippen LogP contribution in [0.2, 0.25) is 5.02 Å². The van der Waals surface area contributed by atoms with Crippen LogP contribution in [0, 0.1) is 0 Å². The molecule has 0 radical (unpaired) electrons. The summed E-state index contributed by atoms with van der Waals surface area (Å²) in [6.45, 7) is 0. The molecule has 1 aliphatic carbocycles. The molecule has 0 saturated heterocycles. The van der Waals surface area contributed by atoms with Crippen LogP contribution in [0.5, 0.6) is 0 Å². The number of anilines is 1. The van der Waals surface area contributed by atoms with E-state index in [0.29, 0.717) is 16.4 Å². The average Bonchev–Trinajstić information content (AvgIpc) is 2.56. The van der Waals surface area contributed by atoms with E-state index in [-0.39, 0.29) is 31.6 Å². The molecule has 1 fully saturated rings. The molecule has 0 unspecified atom stereocenters. The molecule has 1 aliphatic heterocycles. The number of carbonyl (C=O) groups excluding carboxylic acids is 1. The lowest BCUT2D eigenvalue weighted by atomic mass is 9.69. The van der Waals surface area contributed by atoms with E-state index < -0.39 is 11.3 Å². The summed E-state index contributed by atoms with van der Waals surface area (Å²) in [5.41, 5.74) is -0.160. The molecule has 0 N–H and O–H groups in total. The lowest BCUT2D eigenvalue weighted by molar-refractivity contribution is -0.127. The van der Waals surface area contributed by atoms with Gasteiger partial charge in [-0.25, -0.2) is 13.8 Å². The second kappa shape index (κ2) is 3.88. The van der Waals surface area contributed by atoms with E-state index in [4.69, 9.17) is 11.6 Å². The van der Waals surface area contributed by atoms with Gasteiger partial charge in [-0.05, 0) is 18.9 Å². The van der Waals surface area contributed by atoms with Gasteiger partial charge in [0, 0.05) is 31.6 Å². The number of carbonyl (C=O) groups is 1. The summed E-state index contributed by atoms with van der Waals surface area (Å²) >= 11 is 5.94. The minimum Gasteiger partial charge on any atom is -0.299 e. The van der Waals surface area contributed by atoms with Crippen molar-refractivity contribution < 1.29 is 13.6 Å². The zero-order valence-corrected chi connectivity index (χ0v) is 11.2. The number of alkyl halides is 2. The number of halogens is 3. The van der Waals surface area contributed by atoms with Gasteiger partial charge in [-0.3, -0.25) is 9.69 Å². The second-order valence-electron chi connectivity index (χ2n) is 5.33. The third-order valence-electron chi connectivity index (χ3n) is 4.22. The Labute approximate surface area is 114 Å². The van der Waals surface area contributed by atoms with E-state index in [1.54, 1.807) is 13.1 Å². The van der Waals surface area contributed by atoms with Crippen molar-refractivity contribution in [3.63, 3.8) is 0 Å². The van der Waals surface area contributed by atoms with Crippen molar-refractivity contribution in [3.8, 4) is 0 Å². The fraction of sp³-hybridized carbons (Fsp3) is 0.538. The lowest BCUT2D eigenvalue weighted by Crippen LogP contribution is -2.44. The first-order valence-electron chi connectivity index (χ1n) is 6.18. The minimum absolute atomic E-state index is 0.146. The summed E-state index contributed by atoms with van der Waals surface area (Å²) < 4.78 is 26.7. The number of fused-ring (bicyclic) bond motifs is 2. The molecule has 1 saturated carbocycles. The molecule has 3 rings (SSSR count). The highest BCUT2D eigenvalue weighted by molar-refractivity contribution is 6.30. The smallest absolute Gasteiger partial charge is 0.248 e. The monoisotopic (exact) mass is 286 g/mol. The molecule has 1 amide bonds. The molecule has 0 bridgehead atoms. The second-order valence-corrected chi connectivity index (χ2v) is 5.76. The predicted octanol–water partition coefficient (Wildman–Crippen LogP) is 3.16. The van der Waals surface area contributed by atoms with Crippen molar-refractivity contribution in [2.45, 2.75) is 37.0 Å². The van der Waals surface area contributed by atoms with E-state index >= 15 is 0 Å². The SMILES string of the molecule is CN1C(=O)C2(CCC(F)(F)CC2)c2cc(Cl)cnc21. The maximum absolute atomic E-state index is 13.4. The summed E-state index contributed by atoms with van der Waals surface area (Å²) in [4.78, 5) is 18.1. The molecular formula is C13H13ClF2N2O. The normalized spacial score (nSPS) is 23.8. The van der Waals surface area contributed by atoms with Gasteiger partial charge in [0.1, 0.15) is 5.82 Å². The van der Waals surface area contributed by atoms with Gasteiger partial charge in [0.2, 0.25) is 11.8 Å². The molecule has 0 atom stereocenters. The van der Waals surface area contributed by atoms with E-state index in [1.165, 1.54) is 11.1 Å². The Hall–Kier alpha value is -1.23. The summed E-state index contributed by atoms with van der Waals surface area (Å²) in [5, 5.41) is 0.429. The Bertz CT molecular complexity index is 552. The van der Waals surface area contributed by atoms with Crippen LogP contribution >= 0.6 is 11.6 Å². The molecule has 19 heavy (non-hydrogen) atoms. The van der Waals surface area contributed by atoms with Gasteiger partial charge in [-0.15, -0.1) is 0 Å². The summed E-state index contributed by atoms with van der Waals surface area (Å²) in [5.74, 6) is -2.27. The fourth-order valence-corrected chi connectivity index (χ4v) is 3.27. The number of amides is 1.